The van der Waals surface area contributed by atoms with E-state index in [-0.39, 0.29) is 24.9 Å². The summed E-state index contributed by atoms with van der Waals surface area (Å²) in [5, 5.41) is 5.13. The van der Waals surface area contributed by atoms with Gasteiger partial charge in [-0.05, 0) is 42.7 Å². The molecular formula is C15H22ClN3O4S. The third-order valence-electron chi connectivity index (χ3n) is 3.01. The second-order valence-electron chi connectivity index (χ2n) is 4.71. The predicted octanol–water partition coefficient (Wildman–Crippen LogP) is 1.03. The summed E-state index contributed by atoms with van der Waals surface area (Å²) in [6, 6.07) is 5.74. The van der Waals surface area contributed by atoms with Crippen LogP contribution in [0.15, 0.2) is 24.3 Å². The quantitative estimate of drug-likeness (QED) is 0.585. The molecule has 2 amide bonds. The van der Waals surface area contributed by atoms with E-state index >= 15 is 0 Å². The maximum Gasteiger partial charge on any atom is 0.325 e. The Hall–Kier alpha value is -1.77. The fraction of sp³-hybridized carbons (Fsp3) is 0.400. The van der Waals surface area contributed by atoms with Gasteiger partial charge >= 0.3 is 5.97 Å². The third kappa shape index (κ3) is 7.67. The molecule has 7 nitrogen and oxygen atoms in total. The van der Waals surface area contributed by atoms with Crippen LogP contribution in [0.3, 0.4) is 0 Å². The summed E-state index contributed by atoms with van der Waals surface area (Å²) in [6.45, 7) is -0.196. The number of hydrogen-bond donors (Lipinski definition) is 3. The number of carbonyl (C=O) groups is 3. The topological polar surface area (TPSA) is 111 Å². The Labute approximate surface area is 151 Å². The number of thioether (sulfide) groups is 1. The zero-order chi connectivity index (χ0) is 17.2. The molecule has 0 radical (unpaired) electrons. The van der Waals surface area contributed by atoms with E-state index in [2.05, 4.69) is 15.4 Å². The summed E-state index contributed by atoms with van der Waals surface area (Å²) in [6.07, 6.45) is 2.55. The van der Waals surface area contributed by atoms with Crippen LogP contribution in [0.4, 0.5) is 5.69 Å². The number of nitrogens with two attached hydrogens (primary N) is 1. The summed E-state index contributed by atoms with van der Waals surface area (Å²) in [5.74, 6) is -0.373. The number of esters is 1. The van der Waals surface area contributed by atoms with E-state index in [9.17, 15) is 14.4 Å². The van der Waals surface area contributed by atoms with Crippen LogP contribution in [-0.2, 0) is 14.3 Å². The van der Waals surface area contributed by atoms with Crippen molar-refractivity contribution >= 4 is 47.6 Å². The van der Waals surface area contributed by atoms with Gasteiger partial charge in [0.15, 0.2) is 0 Å². The Morgan fingerprint density at radius 3 is 2.42 bits per heavy atom. The number of rotatable bonds is 8. The predicted molar refractivity (Wildman–Crippen MR) is 97.6 cm³/mol. The summed E-state index contributed by atoms with van der Waals surface area (Å²) >= 11 is 1.63. The number of halogens is 1. The first kappa shape index (κ1) is 22.2. The lowest BCUT2D eigenvalue weighted by Crippen LogP contribution is -2.36. The Morgan fingerprint density at radius 2 is 1.88 bits per heavy atom. The van der Waals surface area contributed by atoms with Gasteiger partial charge in [0.1, 0.15) is 6.54 Å². The number of methoxy groups -OCH3 is 1. The Morgan fingerprint density at radius 1 is 1.25 bits per heavy atom. The average Bonchev–Trinajstić information content (AvgIpc) is 2.57. The van der Waals surface area contributed by atoms with Crippen LogP contribution in [0.2, 0.25) is 0 Å². The number of amides is 2. The molecule has 0 fully saturated rings. The second-order valence-corrected chi connectivity index (χ2v) is 5.70. The molecular weight excluding hydrogens is 354 g/mol. The molecule has 24 heavy (non-hydrogen) atoms. The summed E-state index contributed by atoms with van der Waals surface area (Å²) < 4.78 is 4.44. The van der Waals surface area contributed by atoms with E-state index in [4.69, 9.17) is 5.73 Å². The molecule has 1 aromatic carbocycles. The number of hydrogen-bond acceptors (Lipinski definition) is 6. The van der Waals surface area contributed by atoms with Crippen molar-refractivity contribution in [3.8, 4) is 0 Å². The lowest BCUT2D eigenvalue weighted by atomic mass is 10.1. The molecule has 0 spiro atoms. The average molecular weight is 376 g/mol. The first-order valence-corrected chi connectivity index (χ1v) is 8.37. The van der Waals surface area contributed by atoms with Crippen molar-refractivity contribution in [1.29, 1.82) is 0 Å². The first-order chi connectivity index (χ1) is 11.0. The largest absolute Gasteiger partial charge is 0.468 e. The normalized spacial score (nSPS) is 11.0. The van der Waals surface area contributed by atoms with E-state index in [1.165, 1.54) is 7.11 Å². The SMILES string of the molecule is COC(=O)CNC(=O)c1ccc(NC(=O)[C@@H](N)CCSC)cc1.Cl. The molecule has 0 saturated carbocycles. The lowest BCUT2D eigenvalue weighted by molar-refractivity contribution is -0.139. The van der Waals surface area contributed by atoms with Gasteiger partial charge in [-0.25, -0.2) is 0 Å². The first-order valence-electron chi connectivity index (χ1n) is 6.98. The van der Waals surface area contributed by atoms with Crippen LogP contribution in [0, 0.1) is 0 Å². The zero-order valence-corrected chi connectivity index (χ0v) is 15.2. The fourth-order valence-electron chi connectivity index (χ4n) is 1.64. The van der Waals surface area contributed by atoms with Gasteiger partial charge in [-0.1, -0.05) is 0 Å². The van der Waals surface area contributed by atoms with Crippen LogP contribution in [0.25, 0.3) is 0 Å². The highest BCUT2D eigenvalue weighted by molar-refractivity contribution is 7.98. The van der Waals surface area contributed by atoms with E-state index in [0.29, 0.717) is 17.7 Å². The summed E-state index contributed by atoms with van der Waals surface area (Å²) in [5.41, 5.74) is 6.71. The standard InChI is InChI=1S/C15H21N3O4S.ClH/c1-22-13(19)9-17-14(20)10-3-5-11(6-4-10)18-15(21)12(16)7-8-23-2;/h3-6,12H,7-9,16H2,1-2H3,(H,17,20)(H,18,21);1H/t12-;/m0./s1. The van der Waals surface area contributed by atoms with Gasteiger partial charge in [0.2, 0.25) is 5.91 Å². The van der Waals surface area contributed by atoms with Gasteiger partial charge in [-0.15, -0.1) is 12.4 Å². The summed E-state index contributed by atoms with van der Waals surface area (Å²) in [7, 11) is 1.25. The van der Waals surface area contributed by atoms with Gasteiger partial charge in [-0.3, -0.25) is 14.4 Å². The minimum absolute atomic E-state index is 0. The molecule has 0 unspecified atom stereocenters. The number of anilines is 1. The minimum atomic E-state index is -0.564. The van der Waals surface area contributed by atoms with Crippen molar-refractivity contribution in [2.75, 3.05) is 31.0 Å². The molecule has 0 heterocycles. The third-order valence-corrected chi connectivity index (χ3v) is 3.65. The second kappa shape index (κ2) is 11.7. The molecule has 4 N–H and O–H groups in total. The number of nitrogens with one attached hydrogen (secondary N) is 2. The van der Waals surface area contributed by atoms with Crippen LogP contribution >= 0.6 is 24.2 Å². The molecule has 1 rings (SSSR count). The highest BCUT2D eigenvalue weighted by atomic mass is 35.5. The molecule has 0 saturated heterocycles. The number of benzene rings is 1. The van der Waals surface area contributed by atoms with Crippen molar-refractivity contribution in [1.82, 2.24) is 5.32 Å². The highest BCUT2D eigenvalue weighted by Gasteiger charge is 2.13. The van der Waals surface area contributed by atoms with Crippen LogP contribution in [-0.4, -0.2) is 49.5 Å². The lowest BCUT2D eigenvalue weighted by Gasteiger charge is -2.12. The van der Waals surface area contributed by atoms with Crippen LogP contribution in [0.1, 0.15) is 16.8 Å². The number of carbonyl (C=O) groups excluding carboxylic acids is 3. The molecule has 134 valence electrons. The minimum Gasteiger partial charge on any atom is -0.468 e. The van der Waals surface area contributed by atoms with Gasteiger partial charge in [0.25, 0.3) is 5.91 Å². The van der Waals surface area contributed by atoms with Crippen molar-refractivity contribution in [3.63, 3.8) is 0 Å². The van der Waals surface area contributed by atoms with Gasteiger partial charge in [-0.2, -0.15) is 11.8 Å². The van der Waals surface area contributed by atoms with Crippen molar-refractivity contribution in [2.45, 2.75) is 12.5 Å². The zero-order valence-electron chi connectivity index (χ0n) is 13.5. The van der Waals surface area contributed by atoms with Gasteiger partial charge in [0.05, 0.1) is 13.2 Å². The van der Waals surface area contributed by atoms with E-state index in [1.807, 2.05) is 6.26 Å². The number of ether oxygens (including phenoxy) is 1. The molecule has 1 aromatic rings. The van der Waals surface area contributed by atoms with Gasteiger partial charge < -0.3 is 21.1 Å². The Balaban J connectivity index is 0.00000529. The van der Waals surface area contributed by atoms with Crippen molar-refractivity contribution < 1.29 is 19.1 Å². The maximum absolute atomic E-state index is 11.9. The Kier molecular flexibility index (Phi) is 10.9. The van der Waals surface area contributed by atoms with Crippen molar-refractivity contribution in [2.24, 2.45) is 5.73 Å². The molecule has 0 aliphatic carbocycles. The molecule has 9 heteroatoms. The van der Waals surface area contributed by atoms with Crippen LogP contribution in [0.5, 0.6) is 0 Å². The monoisotopic (exact) mass is 375 g/mol. The molecule has 0 aromatic heterocycles. The van der Waals surface area contributed by atoms with Gasteiger partial charge in [0, 0.05) is 11.3 Å². The molecule has 0 aliphatic rings. The Bertz CT molecular complexity index is 554. The van der Waals surface area contributed by atoms with Crippen LogP contribution < -0.4 is 16.4 Å². The molecule has 0 aliphatic heterocycles. The van der Waals surface area contributed by atoms with Crippen molar-refractivity contribution in [3.05, 3.63) is 29.8 Å². The smallest absolute Gasteiger partial charge is 0.325 e. The van der Waals surface area contributed by atoms with E-state index < -0.39 is 17.9 Å². The molecule has 0 bridgehead atoms. The molecule has 1 atom stereocenters. The van der Waals surface area contributed by atoms with E-state index in [1.54, 1.807) is 36.0 Å². The highest BCUT2D eigenvalue weighted by Crippen LogP contribution is 2.10. The maximum atomic E-state index is 11.9. The fourth-order valence-corrected chi connectivity index (χ4v) is 2.13. The van der Waals surface area contributed by atoms with E-state index in [0.717, 1.165) is 5.75 Å². The summed E-state index contributed by atoms with van der Waals surface area (Å²) in [4.78, 5) is 34.6.